The van der Waals surface area contributed by atoms with E-state index >= 15 is 0 Å². The first-order valence-corrected chi connectivity index (χ1v) is 11.5. The second kappa shape index (κ2) is 9.69. The molecule has 3 aromatic rings. The molecule has 1 fully saturated rings. The average molecular weight is 462 g/mol. The predicted octanol–water partition coefficient (Wildman–Crippen LogP) is 3.69. The van der Waals surface area contributed by atoms with E-state index in [1.54, 1.807) is 4.90 Å². The molecule has 34 heavy (non-hydrogen) atoms. The van der Waals surface area contributed by atoms with Crippen LogP contribution in [0.4, 0.5) is 10.5 Å². The Morgan fingerprint density at radius 2 is 1.91 bits per heavy atom. The van der Waals surface area contributed by atoms with Crippen molar-refractivity contribution in [3.05, 3.63) is 59.2 Å². The third-order valence-corrected chi connectivity index (χ3v) is 6.33. The van der Waals surface area contributed by atoms with E-state index in [1.807, 2.05) is 56.3 Å². The van der Waals surface area contributed by atoms with Crippen molar-refractivity contribution < 1.29 is 14.3 Å². The third kappa shape index (κ3) is 4.54. The number of rotatable bonds is 4. The van der Waals surface area contributed by atoms with E-state index < -0.39 is 12.3 Å². The van der Waals surface area contributed by atoms with Crippen molar-refractivity contribution in [1.82, 2.24) is 14.8 Å². The first-order chi connectivity index (χ1) is 16.3. The van der Waals surface area contributed by atoms with Crippen LogP contribution in [0.25, 0.3) is 22.2 Å². The molecule has 1 aromatic heterocycles. The Morgan fingerprint density at radius 1 is 1.12 bits per heavy atom. The molecule has 1 atom stereocenters. The van der Waals surface area contributed by atoms with Crippen LogP contribution in [0.2, 0.25) is 0 Å². The monoisotopic (exact) mass is 461 g/mol. The number of amides is 2. The van der Waals surface area contributed by atoms with Crippen LogP contribution >= 0.6 is 0 Å². The highest BCUT2D eigenvalue weighted by Gasteiger charge is 2.31. The largest absolute Gasteiger partial charge is 0.449 e. The van der Waals surface area contributed by atoms with Gasteiger partial charge >= 0.3 is 6.09 Å². The Balaban J connectivity index is 1.59. The maximum Gasteiger partial charge on any atom is 0.411 e. The van der Waals surface area contributed by atoms with Gasteiger partial charge in [-0.3, -0.25) is 9.69 Å². The fourth-order valence-corrected chi connectivity index (χ4v) is 4.30. The van der Waals surface area contributed by atoms with Gasteiger partial charge in [0.1, 0.15) is 6.17 Å². The molecule has 2 heterocycles. The summed E-state index contributed by atoms with van der Waals surface area (Å²) in [5.41, 5.74) is 18.1. The number of nitrogens with zero attached hydrogens (tertiary/aromatic N) is 3. The highest BCUT2D eigenvalue weighted by Crippen LogP contribution is 2.30. The van der Waals surface area contributed by atoms with Crippen molar-refractivity contribution >= 4 is 28.6 Å². The van der Waals surface area contributed by atoms with E-state index in [0.717, 1.165) is 39.7 Å². The molecule has 1 saturated heterocycles. The van der Waals surface area contributed by atoms with Gasteiger partial charge in [0.2, 0.25) is 0 Å². The lowest BCUT2D eigenvalue weighted by Gasteiger charge is -2.38. The molecule has 2 aromatic carbocycles. The quantitative estimate of drug-likeness (QED) is 0.573. The van der Waals surface area contributed by atoms with Gasteiger partial charge in [0, 0.05) is 35.3 Å². The Hall–Kier alpha value is -3.65. The maximum absolute atomic E-state index is 13.3. The minimum Gasteiger partial charge on any atom is -0.449 e. The number of aryl methyl sites for hydroxylation is 1. The molecular formula is C26H31N5O3. The molecule has 1 aliphatic rings. The summed E-state index contributed by atoms with van der Waals surface area (Å²) in [5.74, 6) is -0.135. The van der Waals surface area contributed by atoms with Gasteiger partial charge in [-0.05, 0) is 55.7 Å². The van der Waals surface area contributed by atoms with Gasteiger partial charge in [-0.2, -0.15) is 0 Å². The number of nitrogens with two attached hydrogens (primary N) is 2. The third-order valence-electron chi connectivity index (χ3n) is 6.33. The molecule has 4 rings (SSSR count). The number of benzene rings is 2. The number of fused-ring (bicyclic) bond motifs is 1. The van der Waals surface area contributed by atoms with Gasteiger partial charge in [0.25, 0.3) is 5.91 Å². The highest BCUT2D eigenvalue weighted by molar-refractivity contribution is 5.99. The van der Waals surface area contributed by atoms with Crippen LogP contribution in [0.5, 0.6) is 0 Å². The first-order valence-electron chi connectivity index (χ1n) is 11.5. The number of piperazine rings is 1. The Kier molecular flexibility index (Phi) is 6.70. The number of aromatic nitrogens is 1. The van der Waals surface area contributed by atoms with Gasteiger partial charge in [0.05, 0.1) is 24.4 Å². The SMILES string of the molecule is CCCOC(=O)N1CCN(C(=O)c2ccc3c(C)c(C)c(-c4cccc(N)c4)nc3c2)C[C@H]1N. The molecule has 0 spiro atoms. The van der Waals surface area contributed by atoms with Gasteiger partial charge in [-0.1, -0.05) is 25.1 Å². The minimum atomic E-state index is -0.610. The molecule has 1 aliphatic heterocycles. The number of carbonyl (C=O) groups excluding carboxylic acids is 2. The molecular weight excluding hydrogens is 430 g/mol. The lowest BCUT2D eigenvalue weighted by molar-refractivity contribution is 0.0390. The number of anilines is 1. The number of hydrogen-bond donors (Lipinski definition) is 2. The first kappa shape index (κ1) is 23.5. The molecule has 0 radical (unpaired) electrons. The van der Waals surface area contributed by atoms with Crippen LogP contribution < -0.4 is 11.5 Å². The van der Waals surface area contributed by atoms with Crippen molar-refractivity contribution in [2.75, 3.05) is 32.0 Å². The molecule has 0 saturated carbocycles. The summed E-state index contributed by atoms with van der Waals surface area (Å²) in [4.78, 5) is 33.5. The zero-order valence-electron chi connectivity index (χ0n) is 19.9. The zero-order chi connectivity index (χ0) is 24.4. The summed E-state index contributed by atoms with van der Waals surface area (Å²) < 4.78 is 5.19. The number of pyridine rings is 1. The van der Waals surface area contributed by atoms with E-state index in [-0.39, 0.29) is 12.5 Å². The smallest absolute Gasteiger partial charge is 0.411 e. The van der Waals surface area contributed by atoms with Crippen LogP contribution in [0, 0.1) is 13.8 Å². The Bertz CT molecular complexity index is 1240. The van der Waals surface area contributed by atoms with Crippen LogP contribution in [-0.2, 0) is 4.74 Å². The number of carbonyl (C=O) groups is 2. The normalized spacial score (nSPS) is 16.1. The fourth-order valence-electron chi connectivity index (χ4n) is 4.30. The number of hydrogen-bond acceptors (Lipinski definition) is 6. The summed E-state index contributed by atoms with van der Waals surface area (Å²) in [6, 6.07) is 13.2. The van der Waals surface area contributed by atoms with Gasteiger partial charge in [0.15, 0.2) is 0 Å². The average Bonchev–Trinajstić information content (AvgIpc) is 2.83. The van der Waals surface area contributed by atoms with E-state index in [4.69, 9.17) is 21.2 Å². The molecule has 178 valence electrons. The van der Waals surface area contributed by atoms with Gasteiger partial charge in [-0.25, -0.2) is 9.78 Å². The minimum absolute atomic E-state index is 0.135. The maximum atomic E-state index is 13.3. The van der Waals surface area contributed by atoms with Crippen LogP contribution in [0.15, 0.2) is 42.5 Å². The van der Waals surface area contributed by atoms with Gasteiger partial charge in [-0.15, -0.1) is 0 Å². The van der Waals surface area contributed by atoms with Crippen LogP contribution in [0.1, 0.15) is 34.8 Å². The van der Waals surface area contributed by atoms with E-state index in [9.17, 15) is 9.59 Å². The van der Waals surface area contributed by atoms with E-state index in [1.165, 1.54) is 4.90 Å². The molecule has 8 nitrogen and oxygen atoms in total. The lowest BCUT2D eigenvalue weighted by atomic mass is 9.97. The second-order valence-corrected chi connectivity index (χ2v) is 8.69. The van der Waals surface area contributed by atoms with Crippen molar-refractivity contribution in [2.45, 2.75) is 33.4 Å². The van der Waals surface area contributed by atoms with Crippen LogP contribution in [-0.4, -0.2) is 59.2 Å². The van der Waals surface area contributed by atoms with E-state index in [0.29, 0.717) is 30.9 Å². The predicted molar refractivity (Wildman–Crippen MR) is 133 cm³/mol. The molecule has 4 N–H and O–H groups in total. The number of nitrogen functional groups attached to an aromatic ring is 1. The fraction of sp³-hybridized carbons (Fsp3) is 0.346. The summed E-state index contributed by atoms with van der Waals surface area (Å²) in [6.07, 6.45) is -0.301. The summed E-state index contributed by atoms with van der Waals surface area (Å²) in [5, 5.41) is 1.00. The molecule has 2 amide bonds. The van der Waals surface area contributed by atoms with Crippen LogP contribution in [0.3, 0.4) is 0 Å². The Morgan fingerprint density at radius 3 is 2.62 bits per heavy atom. The Labute approximate surface area is 199 Å². The number of ether oxygens (including phenoxy) is 1. The molecule has 0 unspecified atom stereocenters. The molecule has 0 aliphatic carbocycles. The topological polar surface area (TPSA) is 115 Å². The molecule has 0 bridgehead atoms. The van der Waals surface area contributed by atoms with Crippen molar-refractivity contribution in [3.63, 3.8) is 0 Å². The van der Waals surface area contributed by atoms with Crippen molar-refractivity contribution in [3.8, 4) is 11.3 Å². The van der Waals surface area contributed by atoms with Gasteiger partial charge < -0.3 is 21.1 Å². The summed E-state index contributed by atoms with van der Waals surface area (Å²) in [7, 11) is 0. The zero-order valence-corrected chi connectivity index (χ0v) is 19.9. The van der Waals surface area contributed by atoms with Crippen molar-refractivity contribution in [1.29, 1.82) is 0 Å². The second-order valence-electron chi connectivity index (χ2n) is 8.69. The summed E-state index contributed by atoms with van der Waals surface area (Å²) in [6.45, 7) is 7.36. The summed E-state index contributed by atoms with van der Waals surface area (Å²) >= 11 is 0. The highest BCUT2D eigenvalue weighted by atomic mass is 16.6. The lowest BCUT2D eigenvalue weighted by Crippen LogP contribution is -2.60. The van der Waals surface area contributed by atoms with E-state index in [2.05, 4.69) is 6.92 Å². The standard InChI is InChI=1S/C26H31N5O3/c1-4-12-34-26(33)31-11-10-30(15-23(31)28)25(32)19-8-9-21-16(2)17(3)24(29-22(21)14-19)18-6-5-7-20(27)13-18/h5-9,13-14,23H,4,10-12,15,27-28H2,1-3H3/t23-/m0/s1. The molecule has 8 heteroatoms. The van der Waals surface area contributed by atoms with Crippen molar-refractivity contribution in [2.24, 2.45) is 5.73 Å².